The third-order valence-electron chi connectivity index (χ3n) is 3.28. The van der Waals surface area contributed by atoms with Gasteiger partial charge in [-0.05, 0) is 37.0 Å². The number of hydrogen-bond donors (Lipinski definition) is 1. The van der Waals surface area contributed by atoms with Crippen LogP contribution >= 0.6 is 0 Å². The normalized spacial score (nSPS) is 21.8. The second-order valence-electron chi connectivity index (χ2n) is 4.68. The maximum atomic E-state index is 13.2. The minimum Gasteiger partial charge on any atom is -0.460 e. The number of halogens is 2. The number of Topliss-reactive ketones (excluding diaryl/α,β-unsaturated/α-hetero) is 1. The van der Waals surface area contributed by atoms with Gasteiger partial charge in [0.2, 0.25) is 0 Å². The molecule has 1 aromatic carbocycles. The number of esters is 1. The summed E-state index contributed by atoms with van der Waals surface area (Å²) in [6.07, 6.45) is 0.320. The number of ether oxygens (including phenoxy) is 1. The van der Waals surface area contributed by atoms with E-state index in [1.165, 1.54) is 12.1 Å². The fraction of sp³-hybridized carbons (Fsp3) is 0.429. The van der Waals surface area contributed by atoms with Gasteiger partial charge in [0.1, 0.15) is 11.6 Å². The molecule has 1 fully saturated rings. The molecule has 0 aromatic heterocycles. The Morgan fingerprint density at radius 2 is 1.95 bits per heavy atom. The molecule has 0 saturated carbocycles. The predicted molar refractivity (Wildman–Crippen MR) is 67.1 cm³/mol. The standard InChI is InChI=1S/C14H15F2NO3/c1-2-20-14(19)13(18)12-5-9(7-17-12)8-3-10(15)6-11(16)4-8/h3-4,6,9,12,17H,2,5,7H2,1H3. The number of benzene rings is 1. The molecule has 1 aromatic rings. The summed E-state index contributed by atoms with van der Waals surface area (Å²) in [6, 6.07) is 2.62. The summed E-state index contributed by atoms with van der Waals surface area (Å²) in [7, 11) is 0. The second-order valence-corrected chi connectivity index (χ2v) is 4.68. The number of hydrogen-bond acceptors (Lipinski definition) is 4. The summed E-state index contributed by atoms with van der Waals surface area (Å²) in [5.41, 5.74) is 0.481. The van der Waals surface area contributed by atoms with Crippen LogP contribution in [0.3, 0.4) is 0 Å². The van der Waals surface area contributed by atoms with Gasteiger partial charge in [-0.3, -0.25) is 4.79 Å². The fourth-order valence-corrected chi connectivity index (χ4v) is 2.34. The molecule has 1 aliphatic rings. The third kappa shape index (κ3) is 3.19. The van der Waals surface area contributed by atoms with E-state index in [-0.39, 0.29) is 12.5 Å². The van der Waals surface area contributed by atoms with Gasteiger partial charge in [-0.2, -0.15) is 0 Å². The summed E-state index contributed by atoms with van der Waals surface area (Å²) in [5, 5.41) is 2.89. The molecule has 20 heavy (non-hydrogen) atoms. The van der Waals surface area contributed by atoms with Crippen LogP contribution in [0, 0.1) is 11.6 Å². The van der Waals surface area contributed by atoms with E-state index < -0.39 is 29.4 Å². The quantitative estimate of drug-likeness (QED) is 0.673. The predicted octanol–water partition coefficient (Wildman–Crippen LogP) is 1.54. The highest BCUT2D eigenvalue weighted by Crippen LogP contribution is 2.27. The lowest BCUT2D eigenvalue weighted by molar-refractivity contribution is -0.154. The van der Waals surface area contributed by atoms with Crippen molar-refractivity contribution in [1.29, 1.82) is 0 Å². The van der Waals surface area contributed by atoms with Crippen molar-refractivity contribution in [2.24, 2.45) is 0 Å². The molecule has 1 saturated heterocycles. The van der Waals surface area contributed by atoms with E-state index in [4.69, 9.17) is 0 Å². The van der Waals surface area contributed by atoms with Gasteiger partial charge < -0.3 is 10.1 Å². The molecule has 2 unspecified atom stereocenters. The minimum atomic E-state index is -0.879. The first-order valence-electron chi connectivity index (χ1n) is 6.41. The van der Waals surface area contributed by atoms with E-state index in [0.717, 1.165) is 6.07 Å². The smallest absolute Gasteiger partial charge is 0.376 e. The van der Waals surface area contributed by atoms with Crippen molar-refractivity contribution in [2.75, 3.05) is 13.2 Å². The zero-order valence-electron chi connectivity index (χ0n) is 11.0. The molecule has 2 atom stereocenters. The van der Waals surface area contributed by atoms with Gasteiger partial charge in [0.15, 0.2) is 0 Å². The second kappa shape index (κ2) is 6.09. The lowest BCUT2D eigenvalue weighted by Gasteiger charge is -2.10. The Hall–Kier alpha value is -1.82. The topological polar surface area (TPSA) is 55.4 Å². The number of ketones is 1. The summed E-state index contributed by atoms with van der Waals surface area (Å²) in [5.74, 6) is -3.04. The van der Waals surface area contributed by atoms with Crippen LogP contribution in [0.15, 0.2) is 18.2 Å². The van der Waals surface area contributed by atoms with Crippen molar-refractivity contribution >= 4 is 11.8 Å². The third-order valence-corrected chi connectivity index (χ3v) is 3.28. The van der Waals surface area contributed by atoms with Gasteiger partial charge in [-0.1, -0.05) is 0 Å². The molecule has 0 bridgehead atoms. The molecule has 2 rings (SSSR count). The molecular weight excluding hydrogens is 268 g/mol. The summed E-state index contributed by atoms with van der Waals surface area (Å²) in [4.78, 5) is 23.1. The Kier molecular flexibility index (Phi) is 4.44. The first kappa shape index (κ1) is 14.6. The highest BCUT2D eigenvalue weighted by atomic mass is 19.1. The summed E-state index contributed by atoms with van der Waals surface area (Å²) in [6.45, 7) is 2.14. The van der Waals surface area contributed by atoms with E-state index in [1.54, 1.807) is 6.92 Å². The largest absolute Gasteiger partial charge is 0.460 e. The van der Waals surface area contributed by atoms with Crippen molar-refractivity contribution in [3.8, 4) is 0 Å². The van der Waals surface area contributed by atoms with Gasteiger partial charge >= 0.3 is 5.97 Å². The van der Waals surface area contributed by atoms with Crippen molar-refractivity contribution in [3.63, 3.8) is 0 Å². The van der Waals surface area contributed by atoms with Crippen LogP contribution < -0.4 is 5.32 Å². The minimum absolute atomic E-state index is 0.135. The molecule has 6 heteroatoms. The Bertz CT molecular complexity index is 513. The molecule has 0 spiro atoms. The Morgan fingerprint density at radius 1 is 1.30 bits per heavy atom. The molecule has 1 heterocycles. The van der Waals surface area contributed by atoms with Crippen LogP contribution in [0.4, 0.5) is 8.78 Å². The summed E-state index contributed by atoms with van der Waals surface area (Å²) < 4.78 is 31.0. The van der Waals surface area contributed by atoms with Gasteiger partial charge in [0, 0.05) is 12.6 Å². The number of rotatable bonds is 4. The lowest BCUT2D eigenvalue weighted by Crippen LogP contribution is -2.36. The van der Waals surface area contributed by atoms with Gasteiger partial charge in [-0.25, -0.2) is 13.6 Å². The van der Waals surface area contributed by atoms with Crippen molar-refractivity contribution < 1.29 is 23.1 Å². The van der Waals surface area contributed by atoms with Crippen LogP contribution in [0.5, 0.6) is 0 Å². The summed E-state index contributed by atoms with van der Waals surface area (Å²) >= 11 is 0. The molecule has 0 radical (unpaired) electrons. The molecule has 1 aliphatic heterocycles. The Labute approximate surface area is 115 Å². The van der Waals surface area contributed by atoms with E-state index >= 15 is 0 Å². The molecule has 1 N–H and O–H groups in total. The zero-order valence-corrected chi connectivity index (χ0v) is 11.0. The maximum Gasteiger partial charge on any atom is 0.376 e. The molecule has 0 amide bonds. The monoisotopic (exact) mass is 283 g/mol. The van der Waals surface area contributed by atoms with E-state index in [9.17, 15) is 18.4 Å². The lowest BCUT2D eigenvalue weighted by atomic mass is 9.95. The molecule has 108 valence electrons. The van der Waals surface area contributed by atoms with E-state index in [1.807, 2.05) is 0 Å². The van der Waals surface area contributed by atoms with Crippen molar-refractivity contribution in [3.05, 3.63) is 35.4 Å². The number of carbonyl (C=O) groups is 2. The number of carbonyl (C=O) groups excluding carboxylic acids is 2. The average Bonchev–Trinajstić information content (AvgIpc) is 2.86. The van der Waals surface area contributed by atoms with Crippen LogP contribution in [-0.4, -0.2) is 30.9 Å². The molecular formula is C14H15F2NO3. The van der Waals surface area contributed by atoms with Gasteiger partial charge in [-0.15, -0.1) is 0 Å². The highest BCUT2D eigenvalue weighted by Gasteiger charge is 2.34. The SMILES string of the molecule is CCOC(=O)C(=O)C1CC(c2cc(F)cc(F)c2)CN1. The highest BCUT2D eigenvalue weighted by molar-refractivity contribution is 6.35. The van der Waals surface area contributed by atoms with Crippen LogP contribution in [0.1, 0.15) is 24.8 Å². The van der Waals surface area contributed by atoms with Crippen molar-refractivity contribution in [2.45, 2.75) is 25.3 Å². The first-order valence-corrected chi connectivity index (χ1v) is 6.41. The van der Waals surface area contributed by atoms with E-state index in [0.29, 0.717) is 18.5 Å². The Balaban J connectivity index is 2.05. The van der Waals surface area contributed by atoms with E-state index in [2.05, 4.69) is 10.1 Å². The maximum absolute atomic E-state index is 13.2. The number of nitrogens with one attached hydrogen (secondary N) is 1. The molecule has 4 nitrogen and oxygen atoms in total. The van der Waals surface area contributed by atoms with Crippen LogP contribution in [0.25, 0.3) is 0 Å². The van der Waals surface area contributed by atoms with Crippen LogP contribution in [-0.2, 0) is 14.3 Å². The Morgan fingerprint density at radius 3 is 2.55 bits per heavy atom. The zero-order chi connectivity index (χ0) is 14.7. The van der Waals surface area contributed by atoms with Gasteiger partial charge in [0.05, 0.1) is 12.6 Å². The van der Waals surface area contributed by atoms with Crippen molar-refractivity contribution in [1.82, 2.24) is 5.32 Å². The average molecular weight is 283 g/mol. The van der Waals surface area contributed by atoms with Crippen LogP contribution in [0.2, 0.25) is 0 Å². The first-order chi connectivity index (χ1) is 9.51. The van der Waals surface area contributed by atoms with Gasteiger partial charge in [0.25, 0.3) is 5.78 Å². The molecule has 0 aliphatic carbocycles. The fourth-order valence-electron chi connectivity index (χ4n) is 2.34.